The van der Waals surface area contributed by atoms with Crippen LogP contribution in [0.3, 0.4) is 0 Å². The molecule has 1 fully saturated rings. The van der Waals surface area contributed by atoms with Crippen LogP contribution < -0.4 is 5.32 Å². The lowest BCUT2D eigenvalue weighted by Crippen LogP contribution is -2.62. The smallest absolute Gasteiger partial charge is 0.251 e. The van der Waals surface area contributed by atoms with E-state index in [1.807, 2.05) is 0 Å². The second kappa shape index (κ2) is 10.4. The van der Waals surface area contributed by atoms with Crippen molar-refractivity contribution in [2.75, 3.05) is 19.8 Å². The van der Waals surface area contributed by atoms with Gasteiger partial charge in [-0.25, -0.2) is 0 Å². The Bertz CT molecular complexity index is 437. The molecular formula is C14H27NO11. The topological polar surface area (TPSA) is 209 Å². The van der Waals surface area contributed by atoms with Crippen LogP contribution in [0.2, 0.25) is 0 Å². The molecule has 1 heterocycles. The fraction of sp³-hybridized carbons (Fsp3) is 0.929. The first-order chi connectivity index (χ1) is 12.2. The number of rotatable bonds is 9. The minimum atomic E-state index is -2.04. The Balaban J connectivity index is 2.94. The van der Waals surface area contributed by atoms with Crippen LogP contribution in [-0.4, -0.2) is 122 Å². The number of carbonyl (C=O) groups is 1. The summed E-state index contributed by atoms with van der Waals surface area (Å²) < 4.78 is 10.2. The molecule has 9 unspecified atom stereocenters. The van der Waals surface area contributed by atoms with Gasteiger partial charge in [-0.3, -0.25) is 4.79 Å². The number of likely N-dealkylation sites (N-methyl/N-ethyl adjacent to an activating group) is 1. The SMILES string of the molecule is CCNC(=O)C(O)C(O)C(OC1OC(CO)C(O)C(O)C1O)C(O)CO. The molecular weight excluding hydrogens is 358 g/mol. The van der Waals surface area contributed by atoms with E-state index in [4.69, 9.17) is 19.7 Å². The van der Waals surface area contributed by atoms with Gasteiger partial charge in [0.05, 0.1) is 13.2 Å². The van der Waals surface area contributed by atoms with Crippen molar-refractivity contribution in [3.63, 3.8) is 0 Å². The molecule has 1 amide bonds. The molecule has 0 aromatic carbocycles. The number of ether oxygens (including phenoxy) is 2. The fourth-order valence-electron chi connectivity index (χ4n) is 2.45. The number of hydrogen-bond donors (Lipinski definition) is 9. The Morgan fingerprint density at radius 2 is 1.73 bits per heavy atom. The minimum Gasteiger partial charge on any atom is -0.394 e. The van der Waals surface area contributed by atoms with Gasteiger partial charge in [-0.1, -0.05) is 0 Å². The summed E-state index contributed by atoms with van der Waals surface area (Å²) in [7, 11) is 0. The van der Waals surface area contributed by atoms with Crippen LogP contribution in [-0.2, 0) is 14.3 Å². The summed E-state index contributed by atoms with van der Waals surface area (Å²) in [6, 6.07) is 0. The number of carbonyl (C=O) groups excluding carboxylic acids is 1. The van der Waals surface area contributed by atoms with Crippen LogP contribution in [0.4, 0.5) is 0 Å². The van der Waals surface area contributed by atoms with Gasteiger partial charge in [0.15, 0.2) is 12.4 Å². The Labute approximate surface area is 149 Å². The summed E-state index contributed by atoms with van der Waals surface area (Å²) in [6.45, 7) is 0.0638. The van der Waals surface area contributed by atoms with Gasteiger partial charge in [0, 0.05) is 6.54 Å². The second-order valence-corrected chi connectivity index (χ2v) is 5.88. The third-order valence-corrected chi connectivity index (χ3v) is 3.99. The van der Waals surface area contributed by atoms with Gasteiger partial charge in [-0.05, 0) is 6.92 Å². The molecule has 0 bridgehead atoms. The van der Waals surface area contributed by atoms with Crippen molar-refractivity contribution in [1.29, 1.82) is 0 Å². The van der Waals surface area contributed by atoms with Crippen molar-refractivity contribution in [2.24, 2.45) is 0 Å². The van der Waals surface area contributed by atoms with E-state index in [1.165, 1.54) is 0 Å². The van der Waals surface area contributed by atoms with Crippen LogP contribution in [0.5, 0.6) is 0 Å². The third kappa shape index (κ3) is 5.29. The number of nitrogens with one attached hydrogen (secondary N) is 1. The first-order valence-corrected chi connectivity index (χ1v) is 8.08. The first-order valence-electron chi connectivity index (χ1n) is 8.08. The highest BCUT2D eigenvalue weighted by Gasteiger charge is 2.47. The number of aliphatic hydroxyl groups excluding tert-OH is 8. The van der Waals surface area contributed by atoms with Crippen LogP contribution in [0.1, 0.15) is 6.92 Å². The van der Waals surface area contributed by atoms with Crippen LogP contribution in [0.15, 0.2) is 0 Å². The Kier molecular flexibility index (Phi) is 9.26. The number of aliphatic hydroxyl groups is 8. The average Bonchev–Trinajstić information content (AvgIpc) is 2.64. The molecule has 1 aliphatic heterocycles. The Morgan fingerprint density at radius 1 is 1.12 bits per heavy atom. The van der Waals surface area contributed by atoms with E-state index in [9.17, 15) is 35.4 Å². The molecule has 0 aromatic rings. The van der Waals surface area contributed by atoms with E-state index in [0.717, 1.165) is 0 Å². The van der Waals surface area contributed by atoms with Gasteiger partial charge >= 0.3 is 0 Å². The van der Waals surface area contributed by atoms with Crippen molar-refractivity contribution in [1.82, 2.24) is 5.32 Å². The molecule has 0 spiro atoms. The normalized spacial score (nSPS) is 34.0. The van der Waals surface area contributed by atoms with Gasteiger partial charge in [0.25, 0.3) is 5.91 Å². The summed E-state index contributed by atoms with van der Waals surface area (Å²) in [4.78, 5) is 11.6. The third-order valence-electron chi connectivity index (χ3n) is 3.99. The second-order valence-electron chi connectivity index (χ2n) is 5.88. The molecule has 0 saturated carbocycles. The number of amides is 1. The maximum atomic E-state index is 11.6. The van der Waals surface area contributed by atoms with E-state index in [0.29, 0.717) is 0 Å². The lowest BCUT2D eigenvalue weighted by Gasteiger charge is -2.42. The lowest BCUT2D eigenvalue weighted by atomic mass is 9.98. The molecule has 12 heteroatoms. The summed E-state index contributed by atoms with van der Waals surface area (Å²) in [5, 5.41) is 79.7. The standard InChI is InChI=1S/C14H27NO11/c1-2-15-13(24)10(22)9(21)12(5(18)3-16)26-14-11(23)8(20)7(19)6(4-17)25-14/h5-12,14,16-23H,2-4H2,1H3,(H,15,24). The quantitative estimate of drug-likeness (QED) is 0.183. The van der Waals surface area contributed by atoms with E-state index in [2.05, 4.69) is 5.32 Å². The van der Waals surface area contributed by atoms with Crippen LogP contribution >= 0.6 is 0 Å². The van der Waals surface area contributed by atoms with Gasteiger partial charge in [0.1, 0.15) is 42.7 Å². The Morgan fingerprint density at radius 3 is 2.23 bits per heavy atom. The predicted octanol–water partition coefficient (Wildman–Crippen LogP) is -5.62. The minimum absolute atomic E-state index is 0.156. The molecule has 9 N–H and O–H groups in total. The van der Waals surface area contributed by atoms with Gasteiger partial charge in [0.2, 0.25) is 0 Å². The zero-order chi connectivity index (χ0) is 20.0. The first kappa shape index (κ1) is 23.1. The highest BCUT2D eigenvalue weighted by Crippen LogP contribution is 2.25. The van der Waals surface area contributed by atoms with Crippen LogP contribution in [0.25, 0.3) is 0 Å². The van der Waals surface area contributed by atoms with Crippen molar-refractivity contribution in [2.45, 2.75) is 62.0 Å². The van der Waals surface area contributed by atoms with Crippen molar-refractivity contribution < 1.29 is 55.1 Å². The summed E-state index contributed by atoms with van der Waals surface area (Å²) >= 11 is 0. The molecule has 26 heavy (non-hydrogen) atoms. The van der Waals surface area contributed by atoms with Crippen LogP contribution in [0, 0.1) is 0 Å². The zero-order valence-corrected chi connectivity index (χ0v) is 14.1. The molecule has 12 nitrogen and oxygen atoms in total. The van der Waals surface area contributed by atoms with E-state index >= 15 is 0 Å². The molecule has 1 aliphatic rings. The van der Waals surface area contributed by atoms with Gasteiger partial charge < -0.3 is 55.6 Å². The monoisotopic (exact) mass is 385 g/mol. The van der Waals surface area contributed by atoms with Crippen molar-refractivity contribution in [3.8, 4) is 0 Å². The fourth-order valence-corrected chi connectivity index (χ4v) is 2.45. The molecule has 0 aliphatic carbocycles. The van der Waals surface area contributed by atoms with E-state index in [-0.39, 0.29) is 6.54 Å². The van der Waals surface area contributed by atoms with Crippen molar-refractivity contribution >= 4 is 5.91 Å². The summed E-state index contributed by atoms with van der Waals surface area (Å²) in [5.74, 6) is -0.965. The molecule has 0 aromatic heterocycles. The maximum Gasteiger partial charge on any atom is 0.251 e. The number of hydrogen-bond acceptors (Lipinski definition) is 11. The van der Waals surface area contributed by atoms with Crippen molar-refractivity contribution in [3.05, 3.63) is 0 Å². The molecule has 1 saturated heterocycles. The van der Waals surface area contributed by atoms with Gasteiger partial charge in [-0.15, -0.1) is 0 Å². The van der Waals surface area contributed by atoms with Gasteiger partial charge in [-0.2, -0.15) is 0 Å². The predicted molar refractivity (Wildman–Crippen MR) is 82.4 cm³/mol. The summed E-state index contributed by atoms with van der Waals surface area (Å²) in [6.07, 6.45) is -16.0. The molecule has 1 rings (SSSR count). The summed E-state index contributed by atoms with van der Waals surface area (Å²) in [5.41, 5.74) is 0. The highest BCUT2D eigenvalue weighted by atomic mass is 16.7. The van der Waals surface area contributed by atoms with E-state index < -0.39 is 74.2 Å². The Hall–Kier alpha value is -0.930. The zero-order valence-electron chi connectivity index (χ0n) is 14.1. The maximum absolute atomic E-state index is 11.6. The largest absolute Gasteiger partial charge is 0.394 e. The lowest BCUT2D eigenvalue weighted by molar-refractivity contribution is -0.326. The average molecular weight is 385 g/mol. The van der Waals surface area contributed by atoms with E-state index in [1.54, 1.807) is 6.92 Å². The highest BCUT2D eigenvalue weighted by molar-refractivity contribution is 5.81. The molecule has 0 radical (unpaired) electrons. The molecule has 154 valence electrons. The molecule has 9 atom stereocenters.